The number of primary amides is 1. The average Bonchev–Trinajstić information content (AvgIpc) is 2.70. The highest BCUT2D eigenvalue weighted by molar-refractivity contribution is 6.24. The van der Waals surface area contributed by atoms with E-state index in [4.69, 9.17) is 5.73 Å². The summed E-state index contributed by atoms with van der Waals surface area (Å²) < 4.78 is 0. The quantitative estimate of drug-likeness (QED) is 0.340. The van der Waals surface area contributed by atoms with Crippen LogP contribution in [0.5, 0.6) is 5.75 Å². The van der Waals surface area contributed by atoms with Gasteiger partial charge in [-0.05, 0) is 49.8 Å². The first kappa shape index (κ1) is 22.5. The number of amides is 1. The summed E-state index contributed by atoms with van der Waals surface area (Å²) in [7, 11) is 0. The number of benzene rings is 1. The van der Waals surface area contributed by atoms with Crippen molar-refractivity contribution in [3.8, 4) is 5.75 Å². The van der Waals surface area contributed by atoms with E-state index < -0.39 is 63.5 Å². The summed E-state index contributed by atoms with van der Waals surface area (Å²) >= 11 is 0. The molecule has 9 nitrogen and oxygen atoms in total. The SMILES string of the molecule is C=C(C)c1cc(C(C)=O)c(O)c2c1C[C@H]1C[C@H]3CC(O)=C(C(N)=O)C(=O)[C@@]3(O)C(O)=C1C2=O. The predicted octanol–water partition coefficient (Wildman–Crippen LogP) is 1.82. The van der Waals surface area contributed by atoms with E-state index in [0.717, 1.165) is 0 Å². The topological polar surface area (TPSA) is 175 Å². The van der Waals surface area contributed by atoms with Crippen LogP contribution < -0.4 is 5.73 Å². The fourth-order valence-corrected chi connectivity index (χ4v) is 5.34. The summed E-state index contributed by atoms with van der Waals surface area (Å²) in [5, 5.41) is 43.2. The number of aliphatic hydroxyl groups excluding tert-OH is 2. The van der Waals surface area contributed by atoms with E-state index in [9.17, 15) is 39.6 Å². The lowest BCUT2D eigenvalue weighted by molar-refractivity contribution is -0.144. The molecule has 6 N–H and O–H groups in total. The molecule has 0 saturated heterocycles. The Balaban J connectivity index is 1.97. The van der Waals surface area contributed by atoms with Gasteiger partial charge in [-0.15, -0.1) is 0 Å². The van der Waals surface area contributed by atoms with Crippen LogP contribution in [0.4, 0.5) is 0 Å². The summed E-state index contributed by atoms with van der Waals surface area (Å²) in [4.78, 5) is 50.2. The minimum absolute atomic E-state index is 0.0355. The first-order valence-corrected chi connectivity index (χ1v) is 10.3. The second kappa shape index (κ2) is 7.14. The van der Waals surface area contributed by atoms with Crippen LogP contribution in [-0.4, -0.2) is 49.3 Å². The molecule has 172 valence electrons. The Bertz CT molecular complexity index is 1270. The number of allylic oxidation sites excluding steroid dienone is 3. The molecule has 0 radical (unpaired) electrons. The molecule has 0 bridgehead atoms. The number of fused-ring (bicyclic) bond motifs is 3. The standard InChI is InChI=1S/C24H23NO8/c1-8(2)12-7-13(9(3)26)19(28)17-14(12)5-10-4-11-6-15(27)18(23(25)32)22(31)24(11,33)21(30)16(10)20(17)29/h7,10-11,27-28,30,33H,1,4-6H2,2-3H3,(H2,25,32)/t10-,11+,24+/m1/s1. The van der Waals surface area contributed by atoms with Crippen LogP contribution in [0.2, 0.25) is 0 Å². The van der Waals surface area contributed by atoms with Crippen LogP contribution in [-0.2, 0) is 16.0 Å². The number of hydrogen-bond acceptors (Lipinski definition) is 8. The van der Waals surface area contributed by atoms with Crippen LogP contribution in [0.15, 0.2) is 35.3 Å². The highest BCUT2D eigenvalue weighted by Gasteiger charge is 2.59. The van der Waals surface area contributed by atoms with Crippen molar-refractivity contribution in [1.82, 2.24) is 0 Å². The number of phenols is 1. The highest BCUT2D eigenvalue weighted by atomic mass is 16.3. The van der Waals surface area contributed by atoms with Gasteiger partial charge in [-0.25, -0.2) is 0 Å². The molecule has 3 aliphatic rings. The number of ketones is 3. The van der Waals surface area contributed by atoms with E-state index in [1.54, 1.807) is 6.92 Å². The second-order valence-corrected chi connectivity index (χ2v) is 8.92. The Hall–Kier alpha value is -3.72. The van der Waals surface area contributed by atoms with E-state index in [1.807, 2.05) is 0 Å². The molecular weight excluding hydrogens is 430 g/mol. The molecule has 0 spiro atoms. The minimum atomic E-state index is -2.62. The lowest BCUT2D eigenvalue weighted by Gasteiger charge is -2.45. The molecule has 0 aromatic heterocycles. The molecule has 3 atom stereocenters. The number of carbonyl (C=O) groups excluding carboxylic acids is 4. The molecule has 33 heavy (non-hydrogen) atoms. The smallest absolute Gasteiger partial charge is 0.255 e. The zero-order chi connectivity index (χ0) is 24.6. The number of aromatic hydroxyl groups is 1. The Morgan fingerprint density at radius 3 is 2.30 bits per heavy atom. The monoisotopic (exact) mass is 453 g/mol. The molecule has 0 aliphatic heterocycles. The summed E-state index contributed by atoms with van der Waals surface area (Å²) in [6.45, 7) is 6.82. The van der Waals surface area contributed by atoms with Crippen LogP contribution in [0.1, 0.15) is 58.5 Å². The van der Waals surface area contributed by atoms with Gasteiger partial charge in [-0.3, -0.25) is 19.2 Å². The number of aliphatic hydroxyl groups is 3. The van der Waals surface area contributed by atoms with E-state index in [-0.39, 0.29) is 36.0 Å². The van der Waals surface area contributed by atoms with Gasteiger partial charge >= 0.3 is 0 Å². The number of hydrogen-bond donors (Lipinski definition) is 5. The largest absolute Gasteiger partial charge is 0.511 e. The van der Waals surface area contributed by atoms with Gasteiger partial charge in [0.15, 0.2) is 17.2 Å². The maximum absolute atomic E-state index is 13.5. The number of Topliss-reactive ketones (excluding diaryl/α,β-unsaturated/α-hetero) is 3. The zero-order valence-corrected chi connectivity index (χ0v) is 18.1. The molecule has 1 aromatic rings. The molecule has 0 heterocycles. The maximum Gasteiger partial charge on any atom is 0.255 e. The first-order valence-electron chi connectivity index (χ1n) is 10.3. The van der Waals surface area contributed by atoms with E-state index >= 15 is 0 Å². The van der Waals surface area contributed by atoms with Gasteiger partial charge in [0.05, 0.1) is 11.1 Å². The van der Waals surface area contributed by atoms with Crippen LogP contribution in [0.3, 0.4) is 0 Å². The molecule has 9 heteroatoms. The van der Waals surface area contributed by atoms with Gasteiger partial charge in [0.1, 0.15) is 22.8 Å². The van der Waals surface area contributed by atoms with Gasteiger partial charge < -0.3 is 26.2 Å². The lowest BCUT2D eigenvalue weighted by Crippen LogP contribution is -2.57. The Labute approximate surface area is 188 Å². The molecule has 4 rings (SSSR count). The Morgan fingerprint density at radius 2 is 1.76 bits per heavy atom. The molecule has 0 saturated carbocycles. The maximum atomic E-state index is 13.5. The lowest BCUT2D eigenvalue weighted by atomic mass is 9.60. The molecular formula is C24H23NO8. The molecule has 0 fully saturated rings. The fourth-order valence-electron chi connectivity index (χ4n) is 5.34. The Morgan fingerprint density at radius 1 is 1.12 bits per heavy atom. The van der Waals surface area contributed by atoms with E-state index in [1.165, 1.54) is 13.0 Å². The van der Waals surface area contributed by atoms with Crippen LogP contribution >= 0.6 is 0 Å². The average molecular weight is 453 g/mol. The van der Waals surface area contributed by atoms with Crippen molar-refractivity contribution < 1.29 is 39.6 Å². The summed E-state index contributed by atoms with van der Waals surface area (Å²) in [5.41, 5.74) is 2.68. The predicted molar refractivity (Wildman–Crippen MR) is 116 cm³/mol. The number of phenolic OH excluding ortho intramolecular Hbond substituents is 1. The van der Waals surface area contributed by atoms with E-state index in [0.29, 0.717) is 16.7 Å². The van der Waals surface area contributed by atoms with Gasteiger partial charge in [0.25, 0.3) is 5.91 Å². The van der Waals surface area contributed by atoms with Crippen molar-refractivity contribution in [2.24, 2.45) is 17.6 Å². The van der Waals surface area contributed by atoms with Gasteiger partial charge in [-0.2, -0.15) is 0 Å². The fraction of sp³-hybridized carbons (Fsp3) is 0.333. The van der Waals surface area contributed by atoms with Crippen molar-refractivity contribution in [3.05, 3.63) is 57.6 Å². The highest BCUT2D eigenvalue weighted by Crippen LogP contribution is 2.52. The number of carbonyl (C=O) groups is 4. The normalized spacial score (nSPS) is 26.5. The summed E-state index contributed by atoms with van der Waals surface area (Å²) in [5.74, 6) is -7.57. The zero-order valence-electron chi connectivity index (χ0n) is 18.1. The number of rotatable bonds is 3. The molecule has 1 amide bonds. The third kappa shape index (κ3) is 2.88. The van der Waals surface area contributed by atoms with Crippen molar-refractivity contribution in [3.63, 3.8) is 0 Å². The van der Waals surface area contributed by atoms with Gasteiger partial charge in [-0.1, -0.05) is 12.2 Å². The first-order chi connectivity index (χ1) is 15.3. The van der Waals surface area contributed by atoms with Crippen molar-refractivity contribution >= 4 is 28.8 Å². The third-order valence-electron chi connectivity index (χ3n) is 6.90. The second-order valence-electron chi connectivity index (χ2n) is 8.92. The van der Waals surface area contributed by atoms with E-state index in [2.05, 4.69) is 6.58 Å². The summed E-state index contributed by atoms with van der Waals surface area (Å²) in [6, 6.07) is 1.47. The van der Waals surface area contributed by atoms with Crippen LogP contribution in [0.25, 0.3) is 5.57 Å². The molecule has 0 unspecified atom stereocenters. The van der Waals surface area contributed by atoms with Gasteiger partial charge in [0.2, 0.25) is 5.78 Å². The molecule has 3 aliphatic carbocycles. The molecule has 1 aromatic carbocycles. The number of nitrogens with two attached hydrogens (primary N) is 1. The minimum Gasteiger partial charge on any atom is -0.511 e. The third-order valence-corrected chi connectivity index (χ3v) is 6.90. The van der Waals surface area contributed by atoms with Crippen LogP contribution in [0, 0.1) is 11.8 Å². The van der Waals surface area contributed by atoms with Crippen molar-refractivity contribution in [2.75, 3.05) is 0 Å². The summed E-state index contributed by atoms with van der Waals surface area (Å²) in [6.07, 6.45) is -0.104. The van der Waals surface area contributed by atoms with Crippen molar-refractivity contribution in [2.45, 2.75) is 38.7 Å². The van der Waals surface area contributed by atoms with Crippen molar-refractivity contribution in [1.29, 1.82) is 0 Å². The Kier molecular flexibility index (Phi) is 4.86. The van der Waals surface area contributed by atoms with Gasteiger partial charge in [0, 0.05) is 17.9 Å².